The van der Waals surface area contributed by atoms with Gasteiger partial charge in [-0.3, -0.25) is 0 Å². The summed E-state index contributed by atoms with van der Waals surface area (Å²) >= 11 is 0. The van der Waals surface area contributed by atoms with Crippen molar-refractivity contribution in [1.29, 1.82) is 0 Å². The molecule has 2 nitrogen and oxygen atoms in total. The molecule has 1 N–H and O–H groups in total. The zero-order chi connectivity index (χ0) is 9.97. The van der Waals surface area contributed by atoms with E-state index in [2.05, 4.69) is 5.32 Å². The summed E-state index contributed by atoms with van der Waals surface area (Å²) in [7, 11) is 0. The van der Waals surface area contributed by atoms with Gasteiger partial charge in [0, 0.05) is 13.1 Å². The van der Waals surface area contributed by atoms with Crippen molar-refractivity contribution < 1.29 is 9.13 Å². The number of hydrogen-bond donors (Lipinski definition) is 1. The molecule has 1 aliphatic rings. The van der Waals surface area contributed by atoms with Crippen LogP contribution in [-0.4, -0.2) is 19.2 Å². The summed E-state index contributed by atoms with van der Waals surface area (Å²) in [6.45, 7) is 3.84. The Balaban J connectivity index is 1.95. The van der Waals surface area contributed by atoms with Crippen LogP contribution >= 0.6 is 0 Å². The molecule has 1 saturated heterocycles. The largest absolute Gasteiger partial charge is 0.368 e. The second-order valence-corrected chi connectivity index (χ2v) is 3.61. The van der Waals surface area contributed by atoms with Gasteiger partial charge in [0.1, 0.15) is 5.82 Å². The molecule has 1 unspecified atom stereocenters. The molecule has 0 amide bonds. The number of nitrogens with one attached hydrogen (secondary N) is 1. The van der Waals surface area contributed by atoms with Crippen LogP contribution in [0.1, 0.15) is 18.6 Å². The molecular weight excluding hydrogens is 181 g/mol. The SMILES string of the molecule is CC(OC1CNC1)c1ccc(F)cc1. The third-order valence-corrected chi connectivity index (χ3v) is 2.48. The van der Waals surface area contributed by atoms with Gasteiger partial charge in [-0.15, -0.1) is 0 Å². The molecule has 1 fully saturated rings. The maximum absolute atomic E-state index is 12.6. The maximum atomic E-state index is 12.6. The molecule has 14 heavy (non-hydrogen) atoms. The number of hydrogen-bond acceptors (Lipinski definition) is 2. The van der Waals surface area contributed by atoms with E-state index in [-0.39, 0.29) is 11.9 Å². The molecule has 1 atom stereocenters. The van der Waals surface area contributed by atoms with Gasteiger partial charge in [0.25, 0.3) is 0 Å². The molecule has 1 aromatic rings. The predicted molar refractivity (Wildman–Crippen MR) is 52.6 cm³/mol. The van der Waals surface area contributed by atoms with Crippen molar-refractivity contribution in [3.63, 3.8) is 0 Å². The Morgan fingerprint density at radius 2 is 2.00 bits per heavy atom. The van der Waals surface area contributed by atoms with Crippen LogP contribution in [0.25, 0.3) is 0 Å². The average molecular weight is 195 g/mol. The third kappa shape index (κ3) is 2.11. The van der Waals surface area contributed by atoms with Crippen LogP contribution in [0.4, 0.5) is 4.39 Å². The minimum Gasteiger partial charge on any atom is -0.368 e. The van der Waals surface area contributed by atoms with E-state index in [0.29, 0.717) is 6.10 Å². The van der Waals surface area contributed by atoms with Gasteiger partial charge in [0.15, 0.2) is 0 Å². The lowest BCUT2D eigenvalue weighted by Gasteiger charge is -2.30. The summed E-state index contributed by atoms with van der Waals surface area (Å²) in [5, 5.41) is 3.14. The van der Waals surface area contributed by atoms with E-state index in [0.717, 1.165) is 18.7 Å². The normalized spacial score (nSPS) is 19.0. The van der Waals surface area contributed by atoms with Gasteiger partial charge in [-0.05, 0) is 24.6 Å². The van der Waals surface area contributed by atoms with Gasteiger partial charge in [-0.2, -0.15) is 0 Å². The Kier molecular flexibility index (Phi) is 2.79. The molecule has 0 spiro atoms. The van der Waals surface area contributed by atoms with Crippen LogP contribution in [-0.2, 0) is 4.74 Å². The van der Waals surface area contributed by atoms with E-state index >= 15 is 0 Å². The first-order valence-corrected chi connectivity index (χ1v) is 4.87. The molecule has 1 aromatic carbocycles. The van der Waals surface area contributed by atoms with E-state index < -0.39 is 0 Å². The molecule has 0 radical (unpaired) electrons. The lowest BCUT2D eigenvalue weighted by molar-refractivity contribution is -0.0302. The minimum absolute atomic E-state index is 0.0442. The highest BCUT2D eigenvalue weighted by molar-refractivity contribution is 5.18. The summed E-state index contributed by atoms with van der Waals surface area (Å²) in [4.78, 5) is 0. The average Bonchev–Trinajstić information content (AvgIpc) is 2.12. The first kappa shape index (κ1) is 9.62. The molecule has 0 aliphatic carbocycles. The smallest absolute Gasteiger partial charge is 0.123 e. The molecule has 1 aliphatic heterocycles. The van der Waals surface area contributed by atoms with Crippen molar-refractivity contribution in [2.24, 2.45) is 0 Å². The summed E-state index contributed by atoms with van der Waals surface area (Å²) in [5.74, 6) is -0.203. The standard InChI is InChI=1S/C11H14FNO/c1-8(14-11-6-13-7-11)9-2-4-10(12)5-3-9/h2-5,8,11,13H,6-7H2,1H3. The molecular formula is C11H14FNO. The van der Waals surface area contributed by atoms with Crippen molar-refractivity contribution in [2.45, 2.75) is 19.1 Å². The zero-order valence-electron chi connectivity index (χ0n) is 8.16. The summed E-state index contributed by atoms with van der Waals surface area (Å²) in [5.41, 5.74) is 1.03. The number of ether oxygens (including phenoxy) is 1. The minimum atomic E-state index is -0.203. The topological polar surface area (TPSA) is 21.3 Å². The van der Waals surface area contributed by atoms with Gasteiger partial charge in [0.05, 0.1) is 12.2 Å². The van der Waals surface area contributed by atoms with Crippen LogP contribution in [0.2, 0.25) is 0 Å². The van der Waals surface area contributed by atoms with Gasteiger partial charge in [0.2, 0.25) is 0 Å². The van der Waals surface area contributed by atoms with Gasteiger partial charge in [-0.1, -0.05) is 12.1 Å². The summed E-state index contributed by atoms with van der Waals surface area (Å²) in [6.07, 6.45) is 0.359. The highest BCUT2D eigenvalue weighted by Gasteiger charge is 2.20. The Bertz CT molecular complexity index is 295. The van der Waals surface area contributed by atoms with Crippen LogP contribution in [0.15, 0.2) is 24.3 Å². The van der Waals surface area contributed by atoms with E-state index in [1.54, 1.807) is 12.1 Å². The fourth-order valence-corrected chi connectivity index (χ4v) is 1.46. The second-order valence-electron chi connectivity index (χ2n) is 3.61. The molecule has 0 aromatic heterocycles. The number of halogens is 1. The van der Waals surface area contributed by atoms with Gasteiger partial charge < -0.3 is 10.1 Å². The second kappa shape index (κ2) is 4.07. The Labute approximate surface area is 83.1 Å². The van der Waals surface area contributed by atoms with Crippen LogP contribution in [0.5, 0.6) is 0 Å². The first-order chi connectivity index (χ1) is 6.75. The molecule has 0 bridgehead atoms. The van der Waals surface area contributed by atoms with E-state index in [4.69, 9.17) is 4.74 Å². The highest BCUT2D eigenvalue weighted by Crippen LogP contribution is 2.19. The maximum Gasteiger partial charge on any atom is 0.123 e. The van der Waals surface area contributed by atoms with Crippen LogP contribution < -0.4 is 5.32 Å². The molecule has 2 rings (SSSR count). The zero-order valence-corrected chi connectivity index (χ0v) is 8.16. The van der Waals surface area contributed by atoms with Crippen molar-refractivity contribution in [3.8, 4) is 0 Å². The molecule has 3 heteroatoms. The monoisotopic (exact) mass is 195 g/mol. The Morgan fingerprint density at radius 1 is 1.36 bits per heavy atom. The lowest BCUT2D eigenvalue weighted by atomic mass is 10.1. The van der Waals surface area contributed by atoms with Gasteiger partial charge in [-0.25, -0.2) is 4.39 Å². The van der Waals surface area contributed by atoms with E-state index in [1.165, 1.54) is 12.1 Å². The summed E-state index contributed by atoms with van der Waals surface area (Å²) in [6, 6.07) is 6.47. The van der Waals surface area contributed by atoms with Crippen molar-refractivity contribution in [3.05, 3.63) is 35.6 Å². The van der Waals surface area contributed by atoms with Crippen molar-refractivity contribution in [2.75, 3.05) is 13.1 Å². The van der Waals surface area contributed by atoms with Crippen molar-refractivity contribution in [1.82, 2.24) is 5.32 Å². The van der Waals surface area contributed by atoms with E-state index in [9.17, 15) is 4.39 Å². The quantitative estimate of drug-likeness (QED) is 0.795. The van der Waals surface area contributed by atoms with Crippen LogP contribution in [0, 0.1) is 5.82 Å². The van der Waals surface area contributed by atoms with Crippen LogP contribution in [0.3, 0.4) is 0 Å². The first-order valence-electron chi connectivity index (χ1n) is 4.87. The predicted octanol–water partition coefficient (Wildman–Crippen LogP) is 1.88. The number of benzene rings is 1. The fourth-order valence-electron chi connectivity index (χ4n) is 1.46. The van der Waals surface area contributed by atoms with Crippen molar-refractivity contribution >= 4 is 0 Å². The molecule has 76 valence electrons. The Hall–Kier alpha value is -0.930. The fraction of sp³-hybridized carbons (Fsp3) is 0.455. The lowest BCUT2D eigenvalue weighted by Crippen LogP contribution is -2.48. The molecule has 1 heterocycles. The van der Waals surface area contributed by atoms with E-state index in [1.807, 2.05) is 6.92 Å². The highest BCUT2D eigenvalue weighted by atomic mass is 19.1. The van der Waals surface area contributed by atoms with Gasteiger partial charge >= 0.3 is 0 Å². The summed E-state index contributed by atoms with van der Waals surface area (Å²) < 4.78 is 18.4. The Morgan fingerprint density at radius 3 is 2.50 bits per heavy atom. The third-order valence-electron chi connectivity index (χ3n) is 2.48. The molecule has 0 saturated carbocycles. The number of rotatable bonds is 3.